The van der Waals surface area contributed by atoms with E-state index in [4.69, 9.17) is 0 Å². The van der Waals surface area contributed by atoms with Crippen molar-refractivity contribution in [2.45, 2.75) is 12.5 Å². The van der Waals surface area contributed by atoms with E-state index in [1.165, 1.54) is 0 Å². The van der Waals surface area contributed by atoms with Crippen molar-refractivity contribution in [3.63, 3.8) is 0 Å². The number of aromatic nitrogens is 1. The maximum atomic E-state index is 11.9. The van der Waals surface area contributed by atoms with E-state index in [0.29, 0.717) is 6.42 Å². The zero-order valence-corrected chi connectivity index (χ0v) is 12.8. The van der Waals surface area contributed by atoms with Gasteiger partial charge in [0.15, 0.2) is 9.84 Å². The summed E-state index contributed by atoms with van der Waals surface area (Å²) in [4.78, 5) is 16.2. The number of sulfone groups is 1. The highest BCUT2D eigenvalue weighted by molar-refractivity contribution is 7.91. The zero-order valence-electron chi connectivity index (χ0n) is 12.0. The van der Waals surface area contributed by atoms with Crippen LogP contribution in [0.3, 0.4) is 0 Å². The maximum Gasteiger partial charge on any atom is 0.239 e. The van der Waals surface area contributed by atoms with Gasteiger partial charge in [-0.1, -0.05) is 18.2 Å². The molecule has 22 heavy (non-hydrogen) atoms. The van der Waals surface area contributed by atoms with Gasteiger partial charge in [0, 0.05) is 17.6 Å². The van der Waals surface area contributed by atoms with E-state index in [9.17, 15) is 13.2 Å². The Hall–Kier alpha value is -2.15. The number of fused-ring (bicyclic) bond motifs is 1. The molecule has 1 atom stereocenters. The van der Waals surface area contributed by atoms with Crippen LogP contribution < -0.4 is 10.6 Å². The molecule has 2 N–H and O–H groups in total. The molecule has 116 valence electrons. The molecule has 0 aliphatic carbocycles. The summed E-state index contributed by atoms with van der Waals surface area (Å²) in [6, 6.07) is 9.26. The van der Waals surface area contributed by atoms with Crippen molar-refractivity contribution < 1.29 is 13.2 Å². The number of benzene rings is 1. The van der Waals surface area contributed by atoms with Crippen molar-refractivity contribution >= 4 is 32.3 Å². The highest BCUT2D eigenvalue weighted by Crippen LogP contribution is 2.20. The van der Waals surface area contributed by atoms with Crippen LogP contribution in [0.15, 0.2) is 36.5 Å². The first-order valence-electron chi connectivity index (χ1n) is 7.11. The average Bonchev–Trinajstić information content (AvgIpc) is 2.84. The predicted molar refractivity (Wildman–Crippen MR) is 85.4 cm³/mol. The van der Waals surface area contributed by atoms with Gasteiger partial charge < -0.3 is 10.6 Å². The largest absolute Gasteiger partial charge is 0.374 e. The van der Waals surface area contributed by atoms with E-state index in [1.54, 1.807) is 6.20 Å². The van der Waals surface area contributed by atoms with Gasteiger partial charge in [-0.2, -0.15) is 0 Å². The van der Waals surface area contributed by atoms with Crippen molar-refractivity contribution in [2.24, 2.45) is 0 Å². The normalized spacial score (nSPS) is 19.9. The van der Waals surface area contributed by atoms with Crippen LogP contribution in [0.1, 0.15) is 6.42 Å². The SMILES string of the molecule is O=C(CNc1cccc2cccnc12)NC1CCS(=O)(=O)C1. The Kier molecular flexibility index (Phi) is 3.98. The summed E-state index contributed by atoms with van der Waals surface area (Å²) in [5, 5.41) is 6.81. The number of amides is 1. The van der Waals surface area contributed by atoms with Crippen LogP contribution in [0.2, 0.25) is 0 Å². The third-order valence-corrected chi connectivity index (χ3v) is 5.44. The molecule has 0 bridgehead atoms. The summed E-state index contributed by atoms with van der Waals surface area (Å²) in [5.41, 5.74) is 1.59. The Labute approximate surface area is 128 Å². The predicted octanol–water partition coefficient (Wildman–Crippen LogP) is 0.950. The van der Waals surface area contributed by atoms with Crippen LogP contribution in [0.5, 0.6) is 0 Å². The molecule has 1 fully saturated rings. The van der Waals surface area contributed by atoms with Gasteiger partial charge in [-0.05, 0) is 18.6 Å². The van der Waals surface area contributed by atoms with Crippen LogP contribution in [0, 0.1) is 0 Å². The molecular weight excluding hydrogens is 302 g/mol. The fourth-order valence-corrected chi connectivity index (χ4v) is 4.28. The van der Waals surface area contributed by atoms with Crippen LogP contribution in [0.25, 0.3) is 10.9 Å². The second kappa shape index (κ2) is 5.92. The molecule has 0 radical (unpaired) electrons. The summed E-state index contributed by atoms with van der Waals surface area (Å²) < 4.78 is 22.7. The molecule has 1 saturated heterocycles. The second-order valence-corrected chi connectivity index (χ2v) is 7.63. The van der Waals surface area contributed by atoms with E-state index in [0.717, 1.165) is 16.6 Å². The van der Waals surface area contributed by atoms with Crippen LogP contribution in [0.4, 0.5) is 5.69 Å². The number of hydrogen-bond donors (Lipinski definition) is 2. The summed E-state index contributed by atoms with van der Waals surface area (Å²) in [6.07, 6.45) is 2.20. The fraction of sp³-hybridized carbons (Fsp3) is 0.333. The van der Waals surface area contributed by atoms with E-state index < -0.39 is 9.84 Å². The number of para-hydroxylation sites is 1. The van der Waals surface area contributed by atoms with Gasteiger partial charge in [0.05, 0.1) is 29.3 Å². The zero-order chi connectivity index (χ0) is 15.6. The minimum absolute atomic E-state index is 0.0363. The number of nitrogens with one attached hydrogen (secondary N) is 2. The number of nitrogens with zero attached hydrogens (tertiary/aromatic N) is 1. The lowest BCUT2D eigenvalue weighted by atomic mass is 10.2. The van der Waals surface area contributed by atoms with Gasteiger partial charge in [0.1, 0.15) is 0 Å². The molecule has 2 aromatic rings. The van der Waals surface area contributed by atoms with Gasteiger partial charge in [-0.15, -0.1) is 0 Å². The molecule has 1 aromatic heterocycles. The summed E-state index contributed by atoms with van der Waals surface area (Å²) in [7, 11) is -2.98. The van der Waals surface area contributed by atoms with Crippen molar-refractivity contribution in [1.82, 2.24) is 10.3 Å². The van der Waals surface area contributed by atoms with Gasteiger partial charge in [0.2, 0.25) is 5.91 Å². The van der Waals surface area contributed by atoms with E-state index in [2.05, 4.69) is 15.6 Å². The first-order chi connectivity index (χ1) is 10.5. The molecular formula is C15H17N3O3S. The highest BCUT2D eigenvalue weighted by Gasteiger charge is 2.28. The molecule has 6 nitrogen and oxygen atoms in total. The molecule has 0 saturated carbocycles. The molecule has 0 spiro atoms. The Morgan fingerprint density at radius 2 is 2.09 bits per heavy atom. The summed E-state index contributed by atoms with van der Waals surface area (Å²) in [6.45, 7) is 0.0895. The van der Waals surface area contributed by atoms with Gasteiger partial charge in [-0.25, -0.2) is 8.42 Å². The molecule has 1 amide bonds. The van der Waals surface area contributed by atoms with E-state index in [-0.39, 0.29) is 30.0 Å². The third-order valence-electron chi connectivity index (χ3n) is 3.67. The molecule has 2 heterocycles. The topological polar surface area (TPSA) is 88.2 Å². The van der Waals surface area contributed by atoms with E-state index >= 15 is 0 Å². The quantitative estimate of drug-likeness (QED) is 0.876. The number of carbonyl (C=O) groups excluding carboxylic acids is 1. The molecule has 1 aliphatic heterocycles. The standard InChI is InChI=1S/C15H17N3O3S/c19-14(18-12-6-8-22(20,21)10-12)9-17-13-5-1-3-11-4-2-7-16-15(11)13/h1-5,7,12,17H,6,8-10H2,(H,18,19). The van der Waals surface area contributed by atoms with Crippen molar-refractivity contribution in [2.75, 3.05) is 23.4 Å². The average molecular weight is 319 g/mol. The van der Waals surface area contributed by atoms with Crippen LogP contribution >= 0.6 is 0 Å². The molecule has 1 aliphatic rings. The highest BCUT2D eigenvalue weighted by atomic mass is 32.2. The Morgan fingerprint density at radius 3 is 2.86 bits per heavy atom. The third kappa shape index (κ3) is 3.36. The smallest absolute Gasteiger partial charge is 0.239 e. The fourth-order valence-electron chi connectivity index (χ4n) is 2.61. The number of pyridine rings is 1. The summed E-state index contributed by atoms with van der Waals surface area (Å²) in [5.74, 6) is -0.0253. The Bertz CT molecular complexity index is 799. The van der Waals surface area contributed by atoms with Gasteiger partial charge >= 0.3 is 0 Å². The Balaban J connectivity index is 1.61. The van der Waals surface area contributed by atoms with Crippen molar-refractivity contribution in [3.8, 4) is 0 Å². The Morgan fingerprint density at radius 1 is 1.27 bits per heavy atom. The first kappa shape index (κ1) is 14.8. The first-order valence-corrected chi connectivity index (χ1v) is 8.93. The van der Waals surface area contributed by atoms with Crippen molar-refractivity contribution in [1.29, 1.82) is 0 Å². The number of carbonyl (C=O) groups is 1. The molecule has 3 rings (SSSR count). The van der Waals surface area contributed by atoms with Crippen LogP contribution in [-0.2, 0) is 14.6 Å². The molecule has 7 heteroatoms. The van der Waals surface area contributed by atoms with Gasteiger partial charge in [0.25, 0.3) is 0 Å². The number of hydrogen-bond acceptors (Lipinski definition) is 5. The maximum absolute atomic E-state index is 11.9. The van der Waals surface area contributed by atoms with Crippen molar-refractivity contribution in [3.05, 3.63) is 36.5 Å². The molecule has 1 aromatic carbocycles. The van der Waals surface area contributed by atoms with Crippen LogP contribution in [-0.4, -0.2) is 43.4 Å². The minimum Gasteiger partial charge on any atom is -0.374 e. The monoisotopic (exact) mass is 319 g/mol. The lowest BCUT2D eigenvalue weighted by Gasteiger charge is -2.12. The molecule has 1 unspecified atom stereocenters. The van der Waals surface area contributed by atoms with E-state index in [1.807, 2.05) is 30.3 Å². The summed E-state index contributed by atoms with van der Waals surface area (Å²) >= 11 is 0. The lowest BCUT2D eigenvalue weighted by molar-refractivity contribution is -0.119. The lowest BCUT2D eigenvalue weighted by Crippen LogP contribution is -2.39. The minimum atomic E-state index is -2.98. The number of rotatable bonds is 4. The second-order valence-electron chi connectivity index (χ2n) is 5.40. The number of anilines is 1. The van der Waals surface area contributed by atoms with Gasteiger partial charge in [-0.3, -0.25) is 9.78 Å².